The number of nitrogens with zero attached hydrogens (tertiary/aromatic N) is 2. The molecule has 1 aliphatic heterocycles. The van der Waals surface area contributed by atoms with Crippen LogP contribution in [-0.2, 0) is 22.0 Å². The molecule has 0 radical (unpaired) electrons. The van der Waals surface area contributed by atoms with Gasteiger partial charge in [-0.1, -0.05) is 45.0 Å². The van der Waals surface area contributed by atoms with Gasteiger partial charge in [-0.2, -0.15) is 0 Å². The number of sulfonamides is 1. The summed E-state index contributed by atoms with van der Waals surface area (Å²) in [4.78, 5) is 4.91. The molecule has 0 amide bonds. The van der Waals surface area contributed by atoms with Crippen molar-refractivity contribution in [3.63, 3.8) is 0 Å². The van der Waals surface area contributed by atoms with Crippen molar-refractivity contribution in [2.24, 2.45) is 0 Å². The van der Waals surface area contributed by atoms with E-state index >= 15 is 0 Å². The molecule has 0 unspecified atom stereocenters. The van der Waals surface area contributed by atoms with Gasteiger partial charge in [0.05, 0.1) is 22.8 Å². The number of anilines is 3. The van der Waals surface area contributed by atoms with E-state index in [4.69, 9.17) is 0 Å². The summed E-state index contributed by atoms with van der Waals surface area (Å²) in [5, 5.41) is 3.38. The van der Waals surface area contributed by atoms with Crippen molar-refractivity contribution in [2.45, 2.75) is 58.4 Å². The molecule has 0 spiro atoms. The number of fused-ring (bicyclic) bond motifs is 2. The molecule has 0 atom stereocenters. The Labute approximate surface area is 185 Å². The van der Waals surface area contributed by atoms with Crippen LogP contribution in [0.4, 0.5) is 17.2 Å². The molecule has 31 heavy (non-hydrogen) atoms. The smallest absolute Gasteiger partial charge is 0.264 e. The van der Waals surface area contributed by atoms with Crippen LogP contribution in [0.2, 0.25) is 0 Å². The van der Waals surface area contributed by atoms with Crippen LogP contribution in [-0.4, -0.2) is 13.4 Å². The summed E-state index contributed by atoms with van der Waals surface area (Å²) in [7, 11) is -3.79. The first-order valence-corrected chi connectivity index (χ1v) is 11.9. The predicted molar refractivity (Wildman–Crippen MR) is 127 cm³/mol. The molecular formula is C25H29N3O2S. The molecule has 0 bridgehead atoms. The first-order chi connectivity index (χ1) is 14.5. The van der Waals surface area contributed by atoms with Gasteiger partial charge < -0.3 is 5.32 Å². The van der Waals surface area contributed by atoms with Crippen molar-refractivity contribution in [2.75, 3.05) is 9.62 Å². The molecule has 1 N–H and O–H groups in total. The molecule has 0 saturated carbocycles. The van der Waals surface area contributed by atoms with Gasteiger partial charge in [0.25, 0.3) is 10.0 Å². The molecule has 5 nitrogen and oxygen atoms in total. The average Bonchev–Trinajstić information content (AvgIpc) is 2.87. The predicted octanol–water partition coefficient (Wildman–Crippen LogP) is 5.76. The fourth-order valence-electron chi connectivity index (χ4n) is 3.87. The van der Waals surface area contributed by atoms with Gasteiger partial charge >= 0.3 is 0 Å². The molecule has 1 aliphatic rings. The number of rotatable bonds is 2. The number of aromatic nitrogens is 1. The highest BCUT2D eigenvalue weighted by Gasteiger charge is 2.32. The van der Waals surface area contributed by atoms with Crippen LogP contribution in [0.1, 0.15) is 48.7 Å². The zero-order chi connectivity index (χ0) is 22.6. The maximum absolute atomic E-state index is 13.9. The van der Waals surface area contributed by atoms with Crippen LogP contribution in [0.25, 0.3) is 0 Å². The summed E-state index contributed by atoms with van der Waals surface area (Å²) in [6.45, 7) is 12.5. The molecule has 162 valence electrons. The minimum absolute atomic E-state index is 0.0441. The monoisotopic (exact) mass is 435 g/mol. The van der Waals surface area contributed by atoms with Gasteiger partial charge in [0.1, 0.15) is 5.82 Å². The summed E-state index contributed by atoms with van der Waals surface area (Å²) in [5.74, 6) is 0.699. The summed E-state index contributed by atoms with van der Waals surface area (Å²) < 4.78 is 29.3. The van der Waals surface area contributed by atoms with E-state index in [-0.39, 0.29) is 16.9 Å². The second-order valence-electron chi connectivity index (χ2n) is 9.28. The van der Waals surface area contributed by atoms with Crippen LogP contribution < -0.4 is 9.62 Å². The Balaban J connectivity index is 1.90. The zero-order valence-electron chi connectivity index (χ0n) is 18.9. The van der Waals surface area contributed by atoms with Crippen molar-refractivity contribution in [3.05, 3.63) is 76.5 Å². The fraction of sp³-hybridized carbons (Fsp3) is 0.320. The van der Waals surface area contributed by atoms with E-state index in [2.05, 4.69) is 31.1 Å². The Kier molecular flexibility index (Phi) is 5.09. The minimum atomic E-state index is -3.79. The lowest BCUT2D eigenvalue weighted by atomic mass is 9.87. The molecule has 6 heteroatoms. The standard InChI is InChI=1S/C25H29N3O2S/c1-16-7-14-22-23(18(16)3)28(15-19-9-8-17(2)26-24(19)27-22)31(29,30)21-12-10-20(11-13-21)25(4,5)6/h7-14H,15H2,1-6H3,(H,26,27). The molecule has 0 aliphatic carbocycles. The van der Waals surface area contributed by atoms with Crippen LogP contribution in [0.5, 0.6) is 0 Å². The van der Waals surface area contributed by atoms with E-state index in [0.29, 0.717) is 11.5 Å². The normalized spacial score (nSPS) is 13.8. The van der Waals surface area contributed by atoms with Crippen molar-refractivity contribution in [1.29, 1.82) is 0 Å². The topological polar surface area (TPSA) is 62.3 Å². The maximum Gasteiger partial charge on any atom is 0.264 e. The Morgan fingerprint density at radius 2 is 1.61 bits per heavy atom. The molecule has 2 aromatic carbocycles. The highest BCUT2D eigenvalue weighted by atomic mass is 32.2. The SMILES string of the molecule is Cc1ccc2c(n1)Nc1ccc(C)c(C)c1N(S(=O)(=O)c1ccc(C(C)(C)C)cc1)C2. The van der Waals surface area contributed by atoms with Crippen molar-refractivity contribution < 1.29 is 8.42 Å². The van der Waals surface area contributed by atoms with Crippen LogP contribution in [0.15, 0.2) is 53.4 Å². The van der Waals surface area contributed by atoms with E-state index < -0.39 is 10.0 Å². The second-order valence-corrected chi connectivity index (χ2v) is 11.1. The van der Waals surface area contributed by atoms with E-state index in [9.17, 15) is 8.42 Å². The molecule has 2 heterocycles. The quantitative estimate of drug-likeness (QED) is 0.556. The van der Waals surface area contributed by atoms with E-state index in [1.54, 1.807) is 12.1 Å². The summed E-state index contributed by atoms with van der Waals surface area (Å²) >= 11 is 0. The first-order valence-electron chi connectivity index (χ1n) is 10.5. The Morgan fingerprint density at radius 3 is 2.26 bits per heavy atom. The number of hydrogen-bond donors (Lipinski definition) is 1. The lowest BCUT2D eigenvalue weighted by Gasteiger charge is -2.27. The zero-order valence-corrected chi connectivity index (χ0v) is 19.8. The number of benzene rings is 2. The summed E-state index contributed by atoms with van der Waals surface area (Å²) in [5.41, 5.74) is 6.17. The van der Waals surface area contributed by atoms with Gasteiger partial charge in [0, 0.05) is 11.3 Å². The Bertz CT molecular complexity index is 1260. The van der Waals surface area contributed by atoms with Gasteiger partial charge in [-0.25, -0.2) is 13.4 Å². The van der Waals surface area contributed by atoms with Gasteiger partial charge in [-0.15, -0.1) is 0 Å². The molecule has 0 fully saturated rings. The highest BCUT2D eigenvalue weighted by Crippen LogP contribution is 2.41. The fourth-order valence-corrected chi connectivity index (χ4v) is 5.38. The summed E-state index contributed by atoms with van der Waals surface area (Å²) in [6, 6.07) is 15.0. The lowest BCUT2D eigenvalue weighted by molar-refractivity contribution is 0.584. The van der Waals surface area contributed by atoms with E-state index in [1.165, 1.54) is 4.31 Å². The van der Waals surface area contributed by atoms with Gasteiger partial charge in [-0.05, 0) is 67.1 Å². The maximum atomic E-state index is 13.9. The largest absolute Gasteiger partial charge is 0.338 e. The first kappa shape index (κ1) is 21.4. The van der Waals surface area contributed by atoms with Crippen molar-refractivity contribution >= 4 is 27.2 Å². The Morgan fingerprint density at radius 1 is 0.935 bits per heavy atom. The third kappa shape index (κ3) is 3.81. The molecular weight excluding hydrogens is 406 g/mol. The molecule has 1 aromatic heterocycles. The van der Waals surface area contributed by atoms with Crippen molar-refractivity contribution in [3.8, 4) is 0 Å². The second kappa shape index (κ2) is 7.38. The van der Waals surface area contributed by atoms with E-state index in [1.807, 2.05) is 57.2 Å². The molecule has 0 saturated heterocycles. The van der Waals surface area contributed by atoms with Crippen LogP contribution >= 0.6 is 0 Å². The lowest BCUT2D eigenvalue weighted by Crippen LogP contribution is -2.31. The third-order valence-electron chi connectivity index (χ3n) is 5.94. The van der Waals surface area contributed by atoms with Gasteiger partial charge in [0.15, 0.2) is 0 Å². The van der Waals surface area contributed by atoms with Gasteiger partial charge in [0.2, 0.25) is 0 Å². The van der Waals surface area contributed by atoms with Gasteiger partial charge in [-0.3, -0.25) is 4.31 Å². The minimum Gasteiger partial charge on any atom is -0.338 e. The van der Waals surface area contributed by atoms with E-state index in [0.717, 1.165) is 33.6 Å². The van der Waals surface area contributed by atoms with Crippen LogP contribution in [0, 0.1) is 20.8 Å². The number of hydrogen-bond acceptors (Lipinski definition) is 4. The average molecular weight is 436 g/mol. The Hall–Kier alpha value is -2.86. The number of pyridine rings is 1. The number of nitrogens with one attached hydrogen (secondary N) is 1. The molecule has 4 rings (SSSR count). The molecule has 3 aromatic rings. The summed E-state index contributed by atoms with van der Waals surface area (Å²) in [6.07, 6.45) is 0. The van der Waals surface area contributed by atoms with Crippen molar-refractivity contribution in [1.82, 2.24) is 4.98 Å². The third-order valence-corrected chi connectivity index (χ3v) is 7.70. The number of aryl methyl sites for hydroxylation is 2. The highest BCUT2D eigenvalue weighted by molar-refractivity contribution is 7.92. The van der Waals surface area contributed by atoms with Crippen LogP contribution in [0.3, 0.4) is 0 Å².